The number of fused-ring (bicyclic) bond motifs is 1. The van der Waals surface area contributed by atoms with Gasteiger partial charge >= 0.3 is 0 Å². The Morgan fingerprint density at radius 2 is 1.68 bits per heavy atom. The fourth-order valence-electron chi connectivity index (χ4n) is 4.31. The number of rotatable bonds is 4. The minimum Gasteiger partial charge on any atom is -0.493 e. The third kappa shape index (κ3) is 2.35. The highest BCUT2D eigenvalue weighted by atomic mass is 16.5. The molecule has 0 aromatic heterocycles. The fourth-order valence-corrected chi connectivity index (χ4v) is 4.31. The van der Waals surface area contributed by atoms with Crippen LogP contribution in [0.25, 0.3) is 0 Å². The van der Waals surface area contributed by atoms with Gasteiger partial charge in [0.15, 0.2) is 11.5 Å². The molecule has 1 heterocycles. The molecule has 1 saturated heterocycles. The number of carbonyl (C=O) groups is 2. The first-order chi connectivity index (χ1) is 12.2. The maximum absolute atomic E-state index is 12.7. The molecule has 6 nitrogen and oxygen atoms in total. The van der Waals surface area contributed by atoms with Gasteiger partial charge in [-0.15, -0.1) is 0 Å². The summed E-state index contributed by atoms with van der Waals surface area (Å²) in [7, 11) is 3.10. The van der Waals surface area contributed by atoms with Crippen molar-refractivity contribution in [3.05, 3.63) is 35.9 Å². The second kappa shape index (κ2) is 6.02. The molecule has 2 amide bonds. The molecule has 4 atom stereocenters. The van der Waals surface area contributed by atoms with Crippen molar-refractivity contribution in [2.75, 3.05) is 14.2 Å². The highest BCUT2D eigenvalue weighted by Gasteiger charge is 2.56. The van der Waals surface area contributed by atoms with Crippen LogP contribution >= 0.6 is 0 Å². The Bertz CT molecular complexity index is 754. The average molecular weight is 340 g/mol. The molecule has 2 bridgehead atoms. The number of hydrogen-bond acceptors (Lipinski definition) is 5. The molecular formula is C19H20N2O4. The standard InChI is InChI=1S/C19H20N2O4/c1-24-14-5-3-4-13(17(14)25-2)10-20-21-18(22)15-11-6-7-12(9-8-11)16(15)19(21)23/h3-7,10-12,15-16H,8-9H2,1-2H3/b20-10-/t11-,12-,15+,16+/m0/s1. The van der Waals surface area contributed by atoms with Gasteiger partial charge in [0, 0.05) is 5.56 Å². The third-order valence-electron chi connectivity index (χ3n) is 5.48. The van der Waals surface area contributed by atoms with Crippen LogP contribution < -0.4 is 9.47 Å². The lowest BCUT2D eigenvalue weighted by Gasteiger charge is -2.37. The van der Waals surface area contributed by atoms with Gasteiger partial charge in [-0.25, -0.2) is 0 Å². The van der Waals surface area contributed by atoms with E-state index in [0.717, 1.165) is 17.9 Å². The summed E-state index contributed by atoms with van der Waals surface area (Å²) >= 11 is 0. The first kappa shape index (κ1) is 15.9. The minimum atomic E-state index is -0.249. The number of hydrogen-bond donors (Lipinski definition) is 0. The number of amides is 2. The fraction of sp³-hybridized carbons (Fsp3) is 0.421. The monoisotopic (exact) mass is 340 g/mol. The van der Waals surface area contributed by atoms with Gasteiger partial charge in [-0.3, -0.25) is 9.59 Å². The quantitative estimate of drug-likeness (QED) is 0.479. The molecule has 25 heavy (non-hydrogen) atoms. The maximum atomic E-state index is 12.7. The van der Waals surface area contributed by atoms with Crippen molar-refractivity contribution < 1.29 is 19.1 Å². The highest BCUT2D eigenvalue weighted by Crippen LogP contribution is 2.49. The zero-order valence-corrected chi connectivity index (χ0v) is 14.2. The van der Waals surface area contributed by atoms with Gasteiger partial charge < -0.3 is 9.47 Å². The van der Waals surface area contributed by atoms with Crippen LogP contribution in [0.5, 0.6) is 11.5 Å². The largest absolute Gasteiger partial charge is 0.493 e. The smallest absolute Gasteiger partial charge is 0.254 e. The molecule has 3 aliphatic carbocycles. The molecule has 0 radical (unpaired) electrons. The lowest BCUT2D eigenvalue weighted by Crippen LogP contribution is -2.38. The molecule has 1 aliphatic heterocycles. The topological polar surface area (TPSA) is 68.2 Å². The lowest BCUT2D eigenvalue weighted by molar-refractivity contribution is -0.140. The van der Waals surface area contributed by atoms with Crippen LogP contribution in [0.15, 0.2) is 35.5 Å². The molecule has 130 valence electrons. The van der Waals surface area contributed by atoms with E-state index in [-0.39, 0.29) is 35.5 Å². The summed E-state index contributed by atoms with van der Waals surface area (Å²) in [6, 6.07) is 5.38. The average Bonchev–Trinajstić information content (AvgIpc) is 2.93. The van der Waals surface area contributed by atoms with Crippen molar-refractivity contribution in [2.45, 2.75) is 12.8 Å². The Hall–Kier alpha value is -2.63. The second-order valence-electron chi connectivity index (χ2n) is 6.66. The number of hydrazone groups is 1. The predicted octanol–water partition coefficient (Wildman–Crippen LogP) is 2.23. The number of benzene rings is 1. The highest BCUT2D eigenvalue weighted by molar-refractivity contribution is 6.06. The summed E-state index contributed by atoms with van der Waals surface area (Å²) in [5.74, 6) is 0.546. The molecule has 0 spiro atoms. The number of nitrogens with zero attached hydrogens (tertiary/aromatic N) is 2. The summed E-state index contributed by atoms with van der Waals surface area (Å²) in [5, 5.41) is 5.25. The van der Waals surface area contributed by atoms with Crippen LogP contribution in [-0.4, -0.2) is 37.3 Å². The van der Waals surface area contributed by atoms with E-state index in [0.29, 0.717) is 17.1 Å². The summed E-state index contributed by atoms with van der Waals surface area (Å²) in [4.78, 5) is 25.5. The van der Waals surface area contributed by atoms with E-state index in [1.165, 1.54) is 6.21 Å². The molecule has 6 heteroatoms. The van der Waals surface area contributed by atoms with Crippen LogP contribution in [-0.2, 0) is 9.59 Å². The van der Waals surface area contributed by atoms with Gasteiger partial charge in [0.2, 0.25) is 0 Å². The summed E-state index contributed by atoms with van der Waals surface area (Å²) in [6.07, 6.45) is 7.63. The van der Waals surface area contributed by atoms with Crippen molar-refractivity contribution in [1.82, 2.24) is 5.01 Å². The van der Waals surface area contributed by atoms with Crippen molar-refractivity contribution in [1.29, 1.82) is 0 Å². The van der Waals surface area contributed by atoms with E-state index >= 15 is 0 Å². The van der Waals surface area contributed by atoms with Gasteiger partial charge in [-0.1, -0.05) is 18.2 Å². The van der Waals surface area contributed by atoms with E-state index in [1.54, 1.807) is 32.4 Å². The zero-order valence-electron chi connectivity index (χ0n) is 14.2. The number of allylic oxidation sites excluding steroid dienone is 2. The van der Waals surface area contributed by atoms with Crippen LogP contribution in [0.2, 0.25) is 0 Å². The van der Waals surface area contributed by atoms with E-state index in [2.05, 4.69) is 17.3 Å². The molecule has 0 N–H and O–H groups in total. The van der Waals surface area contributed by atoms with Crippen LogP contribution in [0.4, 0.5) is 0 Å². The van der Waals surface area contributed by atoms with Crippen molar-refractivity contribution >= 4 is 18.0 Å². The van der Waals surface area contributed by atoms with Crippen molar-refractivity contribution in [2.24, 2.45) is 28.8 Å². The van der Waals surface area contributed by atoms with E-state index in [1.807, 2.05) is 0 Å². The van der Waals surface area contributed by atoms with E-state index in [9.17, 15) is 9.59 Å². The Morgan fingerprint density at radius 3 is 2.20 bits per heavy atom. The number of para-hydroxylation sites is 1. The normalized spacial score (nSPS) is 30.2. The van der Waals surface area contributed by atoms with Gasteiger partial charge in [-0.2, -0.15) is 10.1 Å². The van der Waals surface area contributed by atoms with Crippen LogP contribution in [0.3, 0.4) is 0 Å². The maximum Gasteiger partial charge on any atom is 0.254 e. The first-order valence-electron chi connectivity index (χ1n) is 8.46. The minimum absolute atomic E-state index is 0.165. The van der Waals surface area contributed by atoms with Gasteiger partial charge in [0.05, 0.1) is 32.3 Å². The first-order valence-corrected chi connectivity index (χ1v) is 8.46. The molecule has 1 saturated carbocycles. The number of methoxy groups -OCH3 is 2. The van der Waals surface area contributed by atoms with E-state index in [4.69, 9.17) is 9.47 Å². The number of ether oxygens (including phenoxy) is 2. The zero-order chi connectivity index (χ0) is 17.6. The Labute approximate surface area is 146 Å². The van der Waals surface area contributed by atoms with Gasteiger partial charge in [-0.05, 0) is 36.8 Å². The molecule has 2 fully saturated rings. The Balaban J connectivity index is 1.63. The lowest BCUT2D eigenvalue weighted by atomic mass is 9.63. The van der Waals surface area contributed by atoms with Crippen molar-refractivity contribution in [3.63, 3.8) is 0 Å². The molecule has 1 aromatic carbocycles. The van der Waals surface area contributed by atoms with Crippen LogP contribution in [0, 0.1) is 23.7 Å². The third-order valence-corrected chi connectivity index (χ3v) is 5.48. The Kier molecular flexibility index (Phi) is 3.82. The van der Waals surface area contributed by atoms with Crippen molar-refractivity contribution in [3.8, 4) is 11.5 Å². The summed E-state index contributed by atoms with van der Waals surface area (Å²) in [5.41, 5.74) is 0.651. The number of imide groups is 1. The summed E-state index contributed by atoms with van der Waals surface area (Å²) in [6.45, 7) is 0. The molecule has 0 unspecified atom stereocenters. The molecule has 4 aliphatic rings. The molecule has 1 aromatic rings. The van der Waals surface area contributed by atoms with Crippen LogP contribution in [0.1, 0.15) is 18.4 Å². The second-order valence-corrected chi connectivity index (χ2v) is 6.66. The van der Waals surface area contributed by atoms with Gasteiger partial charge in [0.1, 0.15) is 0 Å². The van der Waals surface area contributed by atoms with E-state index < -0.39 is 0 Å². The summed E-state index contributed by atoms with van der Waals surface area (Å²) < 4.78 is 10.6. The number of carbonyl (C=O) groups excluding carboxylic acids is 2. The van der Waals surface area contributed by atoms with Gasteiger partial charge in [0.25, 0.3) is 11.8 Å². The molecular weight excluding hydrogens is 320 g/mol. The predicted molar refractivity (Wildman–Crippen MR) is 91.3 cm³/mol. The Morgan fingerprint density at radius 1 is 1.04 bits per heavy atom. The SMILES string of the molecule is COc1cccc(/C=N\N2C(=O)[C@H]3[C@H](C2=O)[C@H]2C=C[C@H]3CC2)c1OC. The molecule has 5 rings (SSSR count).